The second-order valence-corrected chi connectivity index (χ2v) is 27.4. The molecule has 11 rings (SSSR count). The zero-order valence-corrected chi connectivity index (χ0v) is 46.0. The van der Waals surface area contributed by atoms with Crippen LogP contribution in [0.15, 0.2) is 133 Å². The molecule has 2 nitrogen and oxygen atoms in total. The van der Waals surface area contributed by atoms with Crippen LogP contribution in [0.25, 0.3) is 32.3 Å². The minimum Gasteiger partial charge on any atom is -0.311 e. The van der Waals surface area contributed by atoms with Crippen LogP contribution in [0.3, 0.4) is 0 Å². The lowest BCUT2D eigenvalue weighted by atomic mass is 9.36. The van der Waals surface area contributed by atoms with Gasteiger partial charge in [-0.2, -0.15) is 0 Å². The van der Waals surface area contributed by atoms with Gasteiger partial charge in [0.2, 0.25) is 0 Å². The Labute approximate surface area is 430 Å². The summed E-state index contributed by atoms with van der Waals surface area (Å²) in [5.74, 6) is 0. The molecule has 71 heavy (non-hydrogen) atoms. The molecule has 1 aliphatic carbocycles. The number of anilines is 6. The maximum atomic E-state index is 2.65. The molecule has 1 aromatic heterocycles. The van der Waals surface area contributed by atoms with Crippen LogP contribution < -0.4 is 25.5 Å². The molecule has 2 aliphatic heterocycles. The highest BCUT2D eigenvalue weighted by Gasteiger charge is 2.46. The lowest BCUT2D eigenvalue weighted by Gasteiger charge is -2.44. The Morgan fingerprint density at radius 1 is 0.423 bits per heavy atom. The number of benzene rings is 7. The van der Waals surface area contributed by atoms with E-state index in [9.17, 15) is 0 Å². The van der Waals surface area contributed by atoms with Gasteiger partial charge in [0.25, 0.3) is 6.71 Å². The molecular formula is C67H73BN2S. The average Bonchev–Trinajstić information content (AvgIpc) is 3.94. The highest BCUT2D eigenvalue weighted by Crippen LogP contribution is 2.51. The van der Waals surface area contributed by atoms with Crippen molar-refractivity contribution in [2.75, 3.05) is 9.80 Å². The summed E-state index contributed by atoms with van der Waals surface area (Å²) in [4.78, 5) is 5.29. The van der Waals surface area contributed by atoms with E-state index in [0.29, 0.717) is 0 Å². The SMILES string of the molecule is CC(C)(C)c1cc(-c2cccc(N3c4cccc5c4B(c4cc(C(C)(C)C)ccc4N5c4ccc(C(C)(C)C)cc4-c4ccc5c(c4)CCC5)c4sc5ccc(C(C)(C)C)cc5c43)c2)cc(C(C)(C)C)c1. The standard InChI is InChI=1S/C67H73BN2S/c1-63(2,3)46-27-30-55(52(38-46)44-26-25-41-19-16-20-42(41)33-44)70-56-31-28-48(65(7,8)9)40-54(56)68-60-57(23-18-24-58(60)70)69(61-53-39-47(64(4,5)6)29-32-59(53)71-62(61)68)51-22-17-21-43(36-51)45-34-49(66(10,11)12)37-50(35-45)67(13,14)15/h17-18,21-40H,16,19-20H2,1-15H3. The van der Waals surface area contributed by atoms with E-state index in [1.807, 2.05) is 11.3 Å². The molecule has 0 amide bonds. The molecule has 0 spiro atoms. The molecule has 0 N–H and O–H groups in total. The predicted molar refractivity (Wildman–Crippen MR) is 312 cm³/mol. The minimum absolute atomic E-state index is 0.00500. The first-order chi connectivity index (χ1) is 33.3. The van der Waals surface area contributed by atoms with Crippen LogP contribution in [0.4, 0.5) is 34.1 Å². The van der Waals surface area contributed by atoms with Gasteiger partial charge in [-0.25, -0.2) is 0 Å². The van der Waals surface area contributed by atoms with Crippen LogP contribution in [0.5, 0.6) is 0 Å². The smallest absolute Gasteiger partial charge is 0.264 e. The number of nitrogens with zero attached hydrogens (tertiary/aromatic N) is 2. The van der Waals surface area contributed by atoms with Crippen molar-refractivity contribution >= 4 is 78.0 Å². The van der Waals surface area contributed by atoms with E-state index in [-0.39, 0.29) is 33.8 Å². The van der Waals surface area contributed by atoms with Crippen LogP contribution in [0, 0.1) is 0 Å². The maximum absolute atomic E-state index is 2.65. The van der Waals surface area contributed by atoms with Crippen molar-refractivity contribution in [3.63, 3.8) is 0 Å². The first kappa shape index (κ1) is 47.5. The van der Waals surface area contributed by atoms with Crippen molar-refractivity contribution in [2.45, 2.75) is 150 Å². The highest BCUT2D eigenvalue weighted by atomic mass is 32.1. The van der Waals surface area contributed by atoms with Crippen LogP contribution >= 0.6 is 11.3 Å². The van der Waals surface area contributed by atoms with Crippen molar-refractivity contribution < 1.29 is 0 Å². The van der Waals surface area contributed by atoms with Gasteiger partial charge in [0, 0.05) is 43.2 Å². The van der Waals surface area contributed by atoms with E-state index >= 15 is 0 Å². The third kappa shape index (κ3) is 8.17. The van der Waals surface area contributed by atoms with Crippen molar-refractivity contribution in [1.82, 2.24) is 0 Å². The minimum atomic E-state index is -0.0352. The highest BCUT2D eigenvalue weighted by molar-refractivity contribution is 7.33. The molecule has 0 fully saturated rings. The molecule has 3 aliphatic rings. The van der Waals surface area contributed by atoms with Gasteiger partial charge < -0.3 is 9.80 Å². The van der Waals surface area contributed by atoms with Crippen molar-refractivity contribution in [1.29, 1.82) is 0 Å². The van der Waals surface area contributed by atoms with Crippen LogP contribution in [0.2, 0.25) is 0 Å². The Kier molecular flexibility index (Phi) is 10.9. The first-order valence-corrected chi connectivity index (χ1v) is 27.1. The molecule has 0 atom stereocenters. The van der Waals surface area contributed by atoms with Gasteiger partial charge in [-0.1, -0.05) is 183 Å². The summed E-state index contributed by atoms with van der Waals surface area (Å²) in [5.41, 5.74) is 25.1. The molecule has 0 unspecified atom stereocenters. The molecule has 3 heterocycles. The summed E-state index contributed by atoms with van der Waals surface area (Å²) in [5, 5.41) is 1.33. The Hall–Kier alpha value is -5.84. The van der Waals surface area contributed by atoms with Gasteiger partial charge in [0.05, 0.1) is 11.4 Å². The van der Waals surface area contributed by atoms with Gasteiger partial charge in [-0.15, -0.1) is 11.3 Å². The maximum Gasteiger partial charge on any atom is 0.264 e. The molecule has 7 aromatic carbocycles. The molecule has 0 saturated heterocycles. The number of rotatable bonds is 4. The van der Waals surface area contributed by atoms with Gasteiger partial charge in [-0.3, -0.25) is 0 Å². The molecule has 4 heteroatoms. The fourth-order valence-electron chi connectivity index (χ4n) is 11.5. The van der Waals surface area contributed by atoms with Crippen LogP contribution in [-0.4, -0.2) is 6.71 Å². The second-order valence-electron chi connectivity index (χ2n) is 26.3. The normalized spacial score (nSPS) is 14.7. The summed E-state index contributed by atoms with van der Waals surface area (Å²) < 4.78 is 2.74. The van der Waals surface area contributed by atoms with E-state index < -0.39 is 0 Å². The topological polar surface area (TPSA) is 6.48 Å². The van der Waals surface area contributed by atoms with Gasteiger partial charge in [0.1, 0.15) is 0 Å². The summed E-state index contributed by atoms with van der Waals surface area (Å²) in [6.07, 6.45) is 3.56. The monoisotopic (exact) mass is 949 g/mol. The quantitative estimate of drug-likeness (QED) is 0.162. The Bertz CT molecular complexity index is 3410. The van der Waals surface area contributed by atoms with Crippen LogP contribution in [-0.2, 0) is 39.9 Å². The third-order valence-corrected chi connectivity index (χ3v) is 17.2. The lowest BCUT2D eigenvalue weighted by Crippen LogP contribution is -2.60. The zero-order valence-electron chi connectivity index (χ0n) is 45.2. The molecular weight excluding hydrogens is 876 g/mol. The number of hydrogen-bond acceptors (Lipinski definition) is 3. The first-order valence-electron chi connectivity index (χ1n) is 26.3. The van der Waals surface area contributed by atoms with E-state index in [4.69, 9.17) is 0 Å². The second kappa shape index (κ2) is 16.3. The molecule has 8 aromatic rings. The molecule has 0 radical (unpaired) electrons. The summed E-state index contributed by atoms with van der Waals surface area (Å²) >= 11 is 2.00. The molecule has 0 saturated carbocycles. The summed E-state index contributed by atoms with van der Waals surface area (Å²) in [6.45, 7) is 35.2. The zero-order chi connectivity index (χ0) is 50.3. The van der Waals surface area contributed by atoms with E-state index in [1.54, 1.807) is 0 Å². The Morgan fingerprint density at radius 2 is 1.00 bits per heavy atom. The fraction of sp³-hybridized carbons (Fsp3) is 0.343. The Morgan fingerprint density at radius 3 is 1.66 bits per heavy atom. The Balaban J connectivity index is 1.21. The van der Waals surface area contributed by atoms with Gasteiger partial charge >= 0.3 is 0 Å². The van der Waals surface area contributed by atoms with E-state index in [1.165, 1.54) is 134 Å². The number of hydrogen-bond donors (Lipinski definition) is 0. The van der Waals surface area contributed by atoms with Crippen molar-refractivity contribution in [3.8, 4) is 22.3 Å². The third-order valence-electron chi connectivity index (χ3n) is 15.9. The van der Waals surface area contributed by atoms with Crippen LogP contribution in [0.1, 0.15) is 149 Å². The average molecular weight is 949 g/mol. The fourth-order valence-corrected chi connectivity index (χ4v) is 12.8. The van der Waals surface area contributed by atoms with E-state index in [0.717, 1.165) is 6.42 Å². The summed E-state index contributed by atoms with van der Waals surface area (Å²) in [6, 6.07) is 53.3. The lowest BCUT2D eigenvalue weighted by molar-refractivity contribution is 0.569. The van der Waals surface area contributed by atoms with Gasteiger partial charge in [-0.05, 0) is 167 Å². The number of thiophene rings is 1. The van der Waals surface area contributed by atoms with Gasteiger partial charge in [0.15, 0.2) is 0 Å². The number of aryl methyl sites for hydroxylation is 2. The summed E-state index contributed by atoms with van der Waals surface area (Å²) in [7, 11) is 0. The molecule has 0 bridgehead atoms. The predicted octanol–water partition coefficient (Wildman–Crippen LogP) is 17.3. The number of fused-ring (bicyclic) bond motifs is 7. The largest absolute Gasteiger partial charge is 0.311 e. The van der Waals surface area contributed by atoms with E-state index in [2.05, 4.69) is 247 Å². The van der Waals surface area contributed by atoms with Crippen molar-refractivity contribution in [3.05, 3.63) is 172 Å². The molecule has 360 valence electrons. The van der Waals surface area contributed by atoms with Crippen molar-refractivity contribution in [2.24, 2.45) is 0 Å².